The Balaban J connectivity index is 1.27. The number of aryl methyl sites for hydroxylation is 1. The molecule has 2 aromatic rings. The topological polar surface area (TPSA) is 76.4 Å². The summed E-state index contributed by atoms with van der Waals surface area (Å²) in [7, 11) is 0. The van der Waals surface area contributed by atoms with Crippen LogP contribution < -0.4 is 15.1 Å². The zero-order valence-corrected chi connectivity index (χ0v) is 17.6. The monoisotopic (exact) mass is 420 g/mol. The molecular weight excluding hydrogens is 396 g/mol. The summed E-state index contributed by atoms with van der Waals surface area (Å²) in [5.74, 6) is -0.603. The zero-order valence-electron chi connectivity index (χ0n) is 16.8. The van der Waals surface area contributed by atoms with Crippen molar-refractivity contribution in [1.82, 2.24) is 0 Å². The summed E-state index contributed by atoms with van der Waals surface area (Å²) in [6.45, 7) is 2.54. The van der Waals surface area contributed by atoms with Crippen LogP contribution in [0.25, 0.3) is 0 Å². The van der Waals surface area contributed by atoms with Gasteiger partial charge in [0.05, 0.1) is 11.5 Å². The number of carbonyl (C=O) groups excluding carboxylic acids is 2. The van der Waals surface area contributed by atoms with Gasteiger partial charge >= 0.3 is 0 Å². The van der Waals surface area contributed by atoms with E-state index in [2.05, 4.69) is 28.4 Å². The quantitative estimate of drug-likeness (QED) is 0.818. The maximum atomic E-state index is 12.9. The summed E-state index contributed by atoms with van der Waals surface area (Å²) in [4.78, 5) is 30.7. The Hall–Kier alpha value is -2.85. The SMILES string of the molecule is N#Cc1c(NC(=O)C2CC(=O)N(c3ccc(N4CCCC4)cc3)C2)sc2c1CCC2. The molecule has 2 fully saturated rings. The molecule has 1 unspecified atom stereocenters. The molecule has 2 saturated heterocycles. The van der Waals surface area contributed by atoms with Crippen LogP contribution in [0.1, 0.15) is 41.7 Å². The molecule has 1 N–H and O–H groups in total. The molecule has 5 rings (SSSR count). The van der Waals surface area contributed by atoms with Gasteiger partial charge in [0, 0.05) is 42.3 Å². The van der Waals surface area contributed by atoms with Gasteiger partial charge in [-0.05, 0) is 61.9 Å². The molecule has 1 aromatic heterocycles. The highest BCUT2D eigenvalue weighted by atomic mass is 32.1. The summed E-state index contributed by atoms with van der Waals surface area (Å²) in [5.41, 5.74) is 3.73. The summed E-state index contributed by atoms with van der Waals surface area (Å²) < 4.78 is 0. The molecule has 7 heteroatoms. The van der Waals surface area contributed by atoms with Gasteiger partial charge < -0.3 is 15.1 Å². The summed E-state index contributed by atoms with van der Waals surface area (Å²) >= 11 is 1.51. The fourth-order valence-corrected chi connectivity index (χ4v) is 6.02. The van der Waals surface area contributed by atoms with E-state index in [9.17, 15) is 14.9 Å². The van der Waals surface area contributed by atoms with Crippen LogP contribution in [0, 0.1) is 17.2 Å². The molecule has 1 aromatic carbocycles. The molecule has 2 aliphatic heterocycles. The van der Waals surface area contributed by atoms with Crippen molar-refractivity contribution in [2.75, 3.05) is 34.8 Å². The fourth-order valence-electron chi connectivity index (χ4n) is 4.78. The number of hydrogen-bond donors (Lipinski definition) is 1. The fraction of sp³-hybridized carbons (Fsp3) is 0.435. The summed E-state index contributed by atoms with van der Waals surface area (Å²) in [6.07, 6.45) is 5.62. The Morgan fingerprint density at radius 3 is 2.57 bits per heavy atom. The smallest absolute Gasteiger partial charge is 0.230 e. The Morgan fingerprint density at radius 1 is 1.10 bits per heavy atom. The second-order valence-electron chi connectivity index (χ2n) is 8.28. The molecule has 0 saturated carbocycles. The molecule has 3 heterocycles. The molecule has 2 amide bonds. The lowest BCUT2D eigenvalue weighted by atomic mass is 10.1. The van der Waals surface area contributed by atoms with E-state index in [1.807, 2.05) is 12.1 Å². The standard InChI is InChI=1S/C23H24N4O2S/c24-13-19-18-4-3-5-20(18)30-23(19)25-22(29)15-12-21(28)27(14-15)17-8-6-16(7-9-17)26-10-1-2-11-26/h6-9,15H,1-5,10-12,14H2,(H,25,29). The zero-order chi connectivity index (χ0) is 20.7. The van der Waals surface area contributed by atoms with E-state index in [0.29, 0.717) is 17.1 Å². The van der Waals surface area contributed by atoms with Crippen LogP contribution in [0.15, 0.2) is 24.3 Å². The number of nitrogens with one attached hydrogen (secondary N) is 1. The number of carbonyl (C=O) groups is 2. The van der Waals surface area contributed by atoms with E-state index in [4.69, 9.17) is 0 Å². The highest BCUT2D eigenvalue weighted by molar-refractivity contribution is 7.16. The lowest BCUT2D eigenvalue weighted by molar-refractivity contribution is -0.122. The first-order valence-corrected chi connectivity index (χ1v) is 11.5. The van der Waals surface area contributed by atoms with Crippen LogP contribution in [0.3, 0.4) is 0 Å². The number of nitrogens with zero attached hydrogens (tertiary/aromatic N) is 3. The Morgan fingerprint density at radius 2 is 1.83 bits per heavy atom. The number of amides is 2. The largest absolute Gasteiger partial charge is 0.372 e. The molecule has 154 valence electrons. The van der Waals surface area contributed by atoms with Gasteiger partial charge in [-0.25, -0.2) is 0 Å². The van der Waals surface area contributed by atoms with Crippen LogP contribution in [0.2, 0.25) is 0 Å². The van der Waals surface area contributed by atoms with Gasteiger partial charge in [0.1, 0.15) is 11.1 Å². The maximum Gasteiger partial charge on any atom is 0.230 e. The van der Waals surface area contributed by atoms with Gasteiger partial charge in [-0.1, -0.05) is 0 Å². The first-order chi connectivity index (χ1) is 14.6. The van der Waals surface area contributed by atoms with Gasteiger partial charge in [-0.2, -0.15) is 5.26 Å². The second kappa shape index (κ2) is 7.77. The number of benzene rings is 1. The van der Waals surface area contributed by atoms with Crippen molar-refractivity contribution in [2.24, 2.45) is 5.92 Å². The number of anilines is 3. The predicted octanol–water partition coefficient (Wildman–Crippen LogP) is 3.70. The third kappa shape index (κ3) is 3.35. The molecular formula is C23H24N4O2S. The lowest BCUT2D eigenvalue weighted by Gasteiger charge is -2.20. The van der Waals surface area contributed by atoms with Crippen molar-refractivity contribution >= 4 is 39.5 Å². The van der Waals surface area contributed by atoms with Crippen LogP contribution in [0.5, 0.6) is 0 Å². The molecule has 0 bridgehead atoms. The van der Waals surface area contributed by atoms with E-state index in [-0.39, 0.29) is 18.2 Å². The molecule has 0 spiro atoms. The maximum absolute atomic E-state index is 12.9. The van der Waals surface area contributed by atoms with E-state index in [0.717, 1.165) is 43.6 Å². The molecule has 1 atom stereocenters. The number of hydrogen-bond acceptors (Lipinski definition) is 5. The average Bonchev–Trinajstić information content (AvgIpc) is 3.52. The normalized spacial score (nSPS) is 20.5. The molecule has 3 aliphatic rings. The third-order valence-corrected chi connectivity index (χ3v) is 7.61. The van der Waals surface area contributed by atoms with Crippen molar-refractivity contribution in [3.05, 3.63) is 40.3 Å². The van der Waals surface area contributed by atoms with Gasteiger partial charge in [0.15, 0.2) is 0 Å². The van der Waals surface area contributed by atoms with Crippen molar-refractivity contribution in [1.29, 1.82) is 5.26 Å². The predicted molar refractivity (Wildman–Crippen MR) is 118 cm³/mol. The Labute approximate surface area is 180 Å². The minimum absolute atomic E-state index is 0.0294. The number of rotatable bonds is 4. The van der Waals surface area contributed by atoms with Crippen LogP contribution >= 0.6 is 11.3 Å². The van der Waals surface area contributed by atoms with Crippen LogP contribution in [0.4, 0.5) is 16.4 Å². The number of thiophene rings is 1. The highest BCUT2D eigenvalue weighted by Crippen LogP contribution is 2.39. The number of fused-ring (bicyclic) bond motifs is 1. The minimum atomic E-state index is -0.403. The Kier molecular flexibility index (Phi) is 4.95. The van der Waals surface area contributed by atoms with Gasteiger partial charge in [-0.15, -0.1) is 11.3 Å². The third-order valence-electron chi connectivity index (χ3n) is 6.40. The van der Waals surface area contributed by atoms with E-state index >= 15 is 0 Å². The molecule has 0 radical (unpaired) electrons. The van der Waals surface area contributed by atoms with Crippen molar-refractivity contribution in [3.63, 3.8) is 0 Å². The molecule has 6 nitrogen and oxygen atoms in total. The summed E-state index contributed by atoms with van der Waals surface area (Å²) in [5, 5.41) is 13.1. The van der Waals surface area contributed by atoms with Crippen molar-refractivity contribution in [2.45, 2.75) is 38.5 Å². The first-order valence-electron chi connectivity index (χ1n) is 10.6. The van der Waals surface area contributed by atoms with E-state index in [1.54, 1.807) is 4.90 Å². The lowest BCUT2D eigenvalue weighted by Crippen LogP contribution is -2.28. The molecule has 1 aliphatic carbocycles. The van der Waals surface area contributed by atoms with Gasteiger partial charge in [0.25, 0.3) is 0 Å². The van der Waals surface area contributed by atoms with Crippen LogP contribution in [-0.4, -0.2) is 31.4 Å². The Bertz CT molecular complexity index is 1030. The molecule has 30 heavy (non-hydrogen) atoms. The van der Waals surface area contributed by atoms with Crippen molar-refractivity contribution < 1.29 is 9.59 Å². The van der Waals surface area contributed by atoms with Crippen molar-refractivity contribution in [3.8, 4) is 6.07 Å². The van der Waals surface area contributed by atoms with E-state index in [1.165, 1.54) is 34.7 Å². The van der Waals surface area contributed by atoms with Gasteiger partial charge in [-0.3, -0.25) is 9.59 Å². The van der Waals surface area contributed by atoms with E-state index < -0.39 is 5.92 Å². The highest BCUT2D eigenvalue weighted by Gasteiger charge is 2.36. The second-order valence-corrected chi connectivity index (χ2v) is 9.38. The minimum Gasteiger partial charge on any atom is -0.372 e. The average molecular weight is 421 g/mol. The number of nitriles is 1. The first kappa shape index (κ1) is 19.1. The summed E-state index contributed by atoms with van der Waals surface area (Å²) in [6, 6.07) is 10.3. The van der Waals surface area contributed by atoms with Crippen LogP contribution in [-0.2, 0) is 22.4 Å². The van der Waals surface area contributed by atoms with Gasteiger partial charge in [0.2, 0.25) is 11.8 Å².